The molecular weight excluding hydrogens is 388 g/mol. The van der Waals surface area contributed by atoms with Crippen LogP contribution in [0.5, 0.6) is 0 Å². The molecule has 3 atom stereocenters. The van der Waals surface area contributed by atoms with E-state index in [1.165, 1.54) is 22.7 Å². The van der Waals surface area contributed by atoms with Crippen LogP contribution in [0.4, 0.5) is 0 Å². The number of nitrogens with zero attached hydrogens (tertiary/aromatic N) is 3. The molecule has 1 aromatic heterocycles. The van der Waals surface area contributed by atoms with E-state index in [0.717, 1.165) is 5.56 Å². The molecule has 0 radical (unpaired) electrons. The number of aromatic nitrogens is 1. The molecule has 0 saturated carbocycles. The molecule has 28 heavy (non-hydrogen) atoms. The normalized spacial score (nSPS) is 24.8. The van der Waals surface area contributed by atoms with Crippen molar-refractivity contribution in [3.05, 3.63) is 30.1 Å². The number of carbonyl (C=O) groups excluding carboxylic acids is 1. The van der Waals surface area contributed by atoms with E-state index in [0.29, 0.717) is 26.0 Å². The maximum Gasteiger partial charge on any atom is 0.290 e. The van der Waals surface area contributed by atoms with Gasteiger partial charge in [0.25, 0.3) is 16.7 Å². The molecule has 2 N–H and O–H groups in total. The molecule has 11 heteroatoms. The van der Waals surface area contributed by atoms with Gasteiger partial charge in [-0.1, -0.05) is 6.07 Å². The van der Waals surface area contributed by atoms with Gasteiger partial charge in [0.1, 0.15) is 0 Å². The average Bonchev–Trinajstić information content (AvgIpc) is 3.15. The van der Waals surface area contributed by atoms with Crippen LogP contribution in [-0.4, -0.2) is 78.9 Å². The fourth-order valence-electron chi connectivity index (χ4n) is 3.40. The Hall–Kier alpha value is -2.08. The predicted molar refractivity (Wildman–Crippen MR) is 100 cm³/mol. The Morgan fingerprint density at radius 1 is 1.50 bits per heavy atom. The van der Waals surface area contributed by atoms with E-state index in [1.807, 2.05) is 12.1 Å². The van der Waals surface area contributed by atoms with Gasteiger partial charge in [0, 0.05) is 46.2 Å². The zero-order chi connectivity index (χ0) is 20.7. The first-order chi connectivity index (χ1) is 13.3. The van der Waals surface area contributed by atoms with E-state index in [4.69, 9.17) is 14.6 Å². The highest BCUT2D eigenvalue weighted by Crippen LogP contribution is 2.33. The summed E-state index contributed by atoms with van der Waals surface area (Å²) in [6, 6.07) is 3.51. The third kappa shape index (κ3) is 5.25. The number of rotatable bonds is 5. The second-order valence-corrected chi connectivity index (χ2v) is 8.84. The van der Waals surface area contributed by atoms with Crippen molar-refractivity contribution in [3.8, 4) is 0 Å². The summed E-state index contributed by atoms with van der Waals surface area (Å²) in [6.07, 6.45) is 4.36. The van der Waals surface area contributed by atoms with E-state index in [2.05, 4.69) is 10.3 Å². The van der Waals surface area contributed by atoms with Gasteiger partial charge >= 0.3 is 0 Å². The molecular formula is C17H26N4O6S. The number of carbonyl (C=O) groups is 2. The summed E-state index contributed by atoms with van der Waals surface area (Å²) in [7, 11) is -0.579. The van der Waals surface area contributed by atoms with Crippen molar-refractivity contribution in [1.29, 1.82) is 0 Å². The minimum Gasteiger partial charge on any atom is -0.483 e. The van der Waals surface area contributed by atoms with Gasteiger partial charge in [-0.25, -0.2) is 0 Å². The van der Waals surface area contributed by atoms with E-state index >= 15 is 0 Å². The predicted octanol–water partition coefficient (Wildman–Crippen LogP) is -0.316. The first kappa shape index (κ1) is 22.2. The number of piperidine rings is 1. The molecule has 10 nitrogen and oxygen atoms in total. The molecule has 2 saturated heterocycles. The van der Waals surface area contributed by atoms with Crippen molar-refractivity contribution in [2.24, 2.45) is 5.92 Å². The summed E-state index contributed by atoms with van der Waals surface area (Å²) in [5.41, 5.74) is 0.902. The number of pyridine rings is 1. The highest BCUT2D eigenvalue weighted by atomic mass is 32.2. The molecule has 2 aliphatic heterocycles. The Balaban J connectivity index is 0.000000878. The van der Waals surface area contributed by atoms with Gasteiger partial charge in [0.15, 0.2) is 0 Å². The summed E-state index contributed by atoms with van der Waals surface area (Å²) in [5, 5.41) is 9.77. The molecule has 0 aromatic carbocycles. The lowest BCUT2D eigenvalue weighted by Gasteiger charge is -2.40. The fourth-order valence-corrected chi connectivity index (χ4v) is 4.77. The number of amides is 1. The van der Waals surface area contributed by atoms with Crippen molar-refractivity contribution in [1.82, 2.24) is 18.9 Å². The van der Waals surface area contributed by atoms with Crippen LogP contribution in [0, 0.1) is 5.92 Å². The summed E-state index contributed by atoms with van der Waals surface area (Å²) in [5.74, 6) is -0.581. The SMILES string of the molecule is CN(C)S(=O)(=O)N1C[C@@H](C(=O)NCc2cccnc2)C[C@H]2OCC[C@H]21.O=CO. The van der Waals surface area contributed by atoms with E-state index in [9.17, 15) is 13.2 Å². The van der Waals surface area contributed by atoms with Gasteiger partial charge in [-0.2, -0.15) is 17.0 Å². The second kappa shape index (κ2) is 9.92. The van der Waals surface area contributed by atoms with Gasteiger partial charge < -0.3 is 15.2 Å². The monoisotopic (exact) mass is 414 g/mol. The molecule has 3 rings (SSSR count). The molecule has 0 spiro atoms. The molecule has 0 aliphatic carbocycles. The zero-order valence-electron chi connectivity index (χ0n) is 15.9. The number of hydrogen-bond donors (Lipinski definition) is 2. The molecule has 2 fully saturated rings. The van der Waals surface area contributed by atoms with Crippen LogP contribution in [0.1, 0.15) is 18.4 Å². The van der Waals surface area contributed by atoms with Crippen LogP contribution < -0.4 is 5.32 Å². The van der Waals surface area contributed by atoms with Gasteiger partial charge in [0.2, 0.25) is 5.91 Å². The molecule has 2 aliphatic rings. The largest absolute Gasteiger partial charge is 0.483 e. The van der Waals surface area contributed by atoms with Crippen molar-refractivity contribution in [3.63, 3.8) is 0 Å². The summed E-state index contributed by atoms with van der Waals surface area (Å²) in [6.45, 7) is 0.835. The minimum atomic E-state index is -3.59. The molecule has 3 heterocycles. The lowest BCUT2D eigenvalue weighted by Crippen LogP contribution is -2.57. The first-order valence-corrected chi connectivity index (χ1v) is 10.3. The van der Waals surface area contributed by atoms with Crippen molar-refractivity contribution in [2.45, 2.75) is 31.5 Å². The van der Waals surface area contributed by atoms with Crippen molar-refractivity contribution in [2.75, 3.05) is 27.2 Å². The molecule has 0 unspecified atom stereocenters. The Morgan fingerprint density at radius 2 is 2.21 bits per heavy atom. The summed E-state index contributed by atoms with van der Waals surface area (Å²) in [4.78, 5) is 25.0. The lowest BCUT2D eigenvalue weighted by atomic mass is 9.91. The highest BCUT2D eigenvalue weighted by Gasteiger charge is 2.47. The van der Waals surface area contributed by atoms with Crippen LogP contribution in [-0.2, 0) is 31.1 Å². The van der Waals surface area contributed by atoms with Crippen molar-refractivity contribution < 1.29 is 27.9 Å². The number of carboxylic acid groups (broad SMARTS) is 1. The van der Waals surface area contributed by atoms with Gasteiger partial charge in [-0.3, -0.25) is 14.6 Å². The average molecular weight is 414 g/mol. The number of hydrogen-bond acceptors (Lipinski definition) is 6. The maximum absolute atomic E-state index is 12.6. The topological polar surface area (TPSA) is 129 Å². The van der Waals surface area contributed by atoms with E-state index < -0.39 is 16.1 Å². The minimum absolute atomic E-state index is 0.156. The van der Waals surface area contributed by atoms with Crippen molar-refractivity contribution >= 4 is 22.6 Å². The number of nitrogens with one attached hydrogen (secondary N) is 1. The van der Waals surface area contributed by atoms with Crippen LogP contribution >= 0.6 is 0 Å². The second-order valence-electron chi connectivity index (χ2n) is 6.74. The van der Waals surface area contributed by atoms with Crippen LogP contribution in [0.3, 0.4) is 0 Å². The van der Waals surface area contributed by atoms with Crippen LogP contribution in [0.25, 0.3) is 0 Å². The number of ether oxygens (including phenoxy) is 1. The van der Waals surface area contributed by atoms with E-state index in [1.54, 1.807) is 12.4 Å². The standard InChI is InChI=1S/C16H24N4O4S.CH2O2/c1-19(2)25(22,23)20-11-13(8-15-14(20)5-7-24-15)16(21)18-10-12-4-3-6-17-9-12;2-1-3/h3-4,6,9,13-15H,5,7-8,10-11H2,1-2H3,(H,18,21);1H,(H,2,3)/t13-,14+,15+;/m0./s1. The van der Waals surface area contributed by atoms with Gasteiger partial charge in [-0.15, -0.1) is 0 Å². The Morgan fingerprint density at radius 3 is 2.82 bits per heavy atom. The quantitative estimate of drug-likeness (QED) is 0.632. The fraction of sp³-hybridized carbons (Fsp3) is 0.588. The zero-order valence-corrected chi connectivity index (χ0v) is 16.7. The van der Waals surface area contributed by atoms with E-state index in [-0.39, 0.29) is 31.1 Å². The van der Waals surface area contributed by atoms with Gasteiger partial charge in [-0.05, 0) is 24.5 Å². The van der Waals surface area contributed by atoms with Gasteiger partial charge in [0.05, 0.1) is 18.1 Å². The van der Waals surface area contributed by atoms with Crippen LogP contribution in [0.15, 0.2) is 24.5 Å². The Kier molecular flexibility index (Phi) is 7.87. The molecule has 1 aromatic rings. The third-order valence-corrected chi connectivity index (χ3v) is 6.72. The third-order valence-electron chi connectivity index (χ3n) is 4.78. The Labute approximate surface area is 164 Å². The number of fused-ring (bicyclic) bond motifs is 1. The Bertz CT molecular complexity index is 758. The molecule has 0 bridgehead atoms. The highest BCUT2D eigenvalue weighted by molar-refractivity contribution is 7.86. The summed E-state index contributed by atoms with van der Waals surface area (Å²) < 4.78 is 33.6. The molecule has 156 valence electrons. The maximum atomic E-state index is 12.6. The molecule has 1 amide bonds. The first-order valence-electron chi connectivity index (χ1n) is 8.86. The van der Waals surface area contributed by atoms with Crippen LogP contribution in [0.2, 0.25) is 0 Å². The lowest BCUT2D eigenvalue weighted by molar-refractivity contribution is -0.128. The summed E-state index contributed by atoms with van der Waals surface area (Å²) >= 11 is 0. The smallest absolute Gasteiger partial charge is 0.290 e.